The lowest BCUT2D eigenvalue weighted by Gasteiger charge is -2.05. The number of hydrogen-bond donors (Lipinski definition) is 0. The Hall–Kier alpha value is -2.41. The Morgan fingerprint density at radius 3 is 2.70 bits per heavy atom. The maximum Gasteiger partial charge on any atom is 0.331 e. The first-order valence-electron chi connectivity index (χ1n) is 6.46. The molecule has 120 valence electrons. The number of esters is 1. The van der Waals surface area contributed by atoms with Crippen molar-refractivity contribution in [3.63, 3.8) is 0 Å². The van der Waals surface area contributed by atoms with E-state index in [9.17, 15) is 14.0 Å². The SMILES string of the molecule is COc1ccc(C(=O)COC(=O)C=Cc2ccc(Br)o2)cc1F. The van der Waals surface area contributed by atoms with Crippen LogP contribution in [-0.4, -0.2) is 25.5 Å². The average Bonchev–Trinajstić information content (AvgIpc) is 2.96. The van der Waals surface area contributed by atoms with E-state index in [1.807, 2.05) is 0 Å². The number of hydrogen-bond acceptors (Lipinski definition) is 5. The number of carbonyl (C=O) groups excluding carboxylic acids is 2. The zero-order chi connectivity index (χ0) is 16.8. The van der Waals surface area contributed by atoms with E-state index in [1.54, 1.807) is 12.1 Å². The average molecular weight is 383 g/mol. The molecule has 0 amide bonds. The molecule has 2 aromatic rings. The fourth-order valence-electron chi connectivity index (χ4n) is 1.68. The van der Waals surface area contributed by atoms with E-state index >= 15 is 0 Å². The smallest absolute Gasteiger partial charge is 0.331 e. The molecule has 0 aliphatic heterocycles. The molecule has 0 unspecified atom stereocenters. The van der Waals surface area contributed by atoms with Gasteiger partial charge in [0.15, 0.2) is 28.6 Å². The van der Waals surface area contributed by atoms with Gasteiger partial charge < -0.3 is 13.9 Å². The van der Waals surface area contributed by atoms with Crippen LogP contribution in [0.4, 0.5) is 4.39 Å². The number of furan rings is 1. The minimum absolute atomic E-state index is 0.0334. The molecule has 0 aliphatic rings. The highest BCUT2D eigenvalue weighted by atomic mass is 79.9. The molecule has 0 atom stereocenters. The Balaban J connectivity index is 1.89. The van der Waals surface area contributed by atoms with Gasteiger partial charge in [-0.15, -0.1) is 0 Å². The summed E-state index contributed by atoms with van der Waals surface area (Å²) in [7, 11) is 1.32. The highest BCUT2D eigenvalue weighted by molar-refractivity contribution is 9.10. The Labute approximate surface area is 139 Å². The van der Waals surface area contributed by atoms with Crippen LogP contribution >= 0.6 is 15.9 Å². The molecule has 0 bridgehead atoms. The second-order valence-electron chi connectivity index (χ2n) is 4.36. The standard InChI is InChI=1S/C16H12BrFO5/c1-21-14-5-2-10(8-12(14)18)13(19)9-22-16(20)7-4-11-3-6-15(17)23-11/h2-8H,9H2,1H3. The van der Waals surface area contributed by atoms with Gasteiger partial charge in [-0.3, -0.25) is 4.79 Å². The van der Waals surface area contributed by atoms with Gasteiger partial charge >= 0.3 is 5.97 Å². The van der Waals surface area contributed by atoms with E-state index < -0.39 is 24.2 Å². The summed E-state index contributed by atoms with van der Waals surface area (Å²) in [6, 6.07) is 7.09. The second kappa shape index (κ2) is 7.73. The van der Waals surface area contributed by atoms with Crippen LogP contribution in [-0.2, 0) is 9.53 Å². The normalized spacial score (nSPS) is 10.7. The van der Waals surface area contributed by atoms with E-state index in [0.717, 1.165) is 12.1 Å². The van der Waals surface area contributed by atoms with Crippen LogP contribution in [0.25, 0.3) is 6.08 Å². The summed E-state index contributed by atoms with van der Waals surface area (Å²) < 4.78 is 28.8. The minimum atomic E-state index is -0.708. The third-order valence-corrected chi connectivity index (χ3v) is 3.22. The number of rotatable bonds is 6. The summed E-state index contributed by atoms with van der Waals surface area (Å²) in [5.41, 5.74) is 0.0926. The van der Waals surface area contributed by atoms with Gasteiger partial charge in [0.2, 0.25) is 0 Å². The molecule has 0 radical (unpaired) electrons. The largest absolute Gasteiger partial charge is 0.494 e. The third kappa shape index (κ3) is 4.79. The van der Waals surface area contributed by atoms with Crippen molar-refractivity contribution in [1.82, 2.24) is 0 Å². The fourth-order valence-corrected chi connectivity index (χ4v) is 2.00. The number of ether oxygens (including phenoxy) is 2. The summed E-state index contributed by atoms with van der Waals surface area (Å²) in [6.07, 6.45) is 2.54. The van der Waals surface area contributed by atoms with Crippen molar-refractivity contribution < 1.29 is 27.9 Å². The van der Waals surface area contributed by atoms with Crippen LogP contribution in [0.15, 0.2) is 45.5 Å². The van der Waals surface area contributed by atoms with Gasteiger partial charge in [-0.25, -0.2) is 9.18 Å². The molecule has 23 heavy (non-hydrogen) atoms. The van der Waals surface area contributed by atoms with Gasteiger partial charge in [0, 0.05) is 11.6 Å². The van der Waals surface area contributed by atoms with Crippen molar-refractivity contribution in [2.75, 3.05) is 13.7 Å². The van der Waals surface area contributed by atoms with Crippen molar-refractivity contribution in [3.8, 4) is 5.75 Å². The fraction of sp³-hybridized carbons (Fsp3) is 0.125. The number of ketones is 1. The summed E-state index contributed by atoms with van der Waals surface area (Å²) in [6.45, 7) is -0.489. The lowest BCUT2D eigenvalue weighted by Crippen LogP contribution is -2.12. The van der Waals surface area contributed by atoms with Crippen molar-refractivity contribution in [2.24, 2.45) is 0 Å². The summed E-state index contributed by atoms with van der Waals surface area (Å²) in [5, 5.41) is 0. The number of methoxy groups -OCH3 is 1. The number of Topliss-reactive ketones (excluding diaryl/α,β-unsaturated/α-hetero) is 1. The van der Waals surface area contributed by atoms with Gasteiger partial charge in [0.25, 0.3) is 0 Å². The quantitative estimate of drug-likeness (QED) is 0.433. The summed E-state index contributed by atoms with van der Waals surface area (Å²) in [5.74, 6) is -1.40. The second-order valence-corrected chi connectivity index (χ2v) is 5.14. The Kier molecular flexibility index (Phi) is 5.70. The molecule has 1 aromatic carbocycles. The maximum absolute atomic E-state index is 13.5. The molecule has 2 rings (SSSR count). The first-order chi connectivity index (χ1) is 11.0. The molecule has 0 aliphatic carbocycles. The molecule has 5 nitrogen and oxygen atoms in total. The van der Waals surface area contributed by atoms with Gasteiger partial charge in [0.05, 0.1) is 7.11 Å². The van der Waals surface area contributed by atoms with Gasteiger partial charge in [-0.2, -0.15) is 0 Å². The van der Waals surface area contributed by atoms with E-state index in [1.165, 1.54) is 25.3 Å². The highest BCUT2D eigenvalue weighted by Crippen LogP contribution is 2.18. The molecule has 1 aromatic heterocycles. The Morgan fingerprint density at radius 2 is 2.09 bits per heavy atom. The third-order valence-electron chi connectivity index (χ3n) is 2.80. The molecule has 0 fully saturated rings. The van der Waals surface area contributed by atoms with Crippen molar-refractivity contribution >= 4 is 33.8 Å². The number of benzene rings is 1. The zero-order valence-electron chi connectivity index (χ0n) is 12.0. The number of carbonyl (C=O) groups is 2. The lowest BCUT2D eigenvalue weighted by atomic mass is 10.1. The monoisotopic (exact) mass is 382 g/mol. The zero-order valence-corrected chi connectivity index (χ0v) is 13.6. The van der Waals surface area contributed by atoms with Crippen molar-refractivity contribution in [2.45, 2.75) is 0 Å². The minimum Gasteiger partial charge on any atom is -0.494 e. The maximum atomic E-state index is 13.5. The molecular formula is C16H12BrFO5. The van der Waals surface area contributed by atoms with Crippen molar-refractivity contribution in [1.29, 1.82) is 0 Å². The summed E-state index contributed by atoms with van der Waals surface area (Å²) >= 11 is 3.13. The van der Waals surface area contributed by atoms with Crippen LogP contribution in [0, 0.1) is 5.82 Å². The van der Waals surface area contributed by atoms with E-state index in [0.29, 0.717) is 10.4 Å². The van der Waals surface area contributed by atoms with E-state index in [-0.39, 0.29) is 11.3 Å². The Morgan fingerprint density at radius 1 is 1.30 bits per heavy atom. The van der Waals surface area contributed by atoms with Crippen molar-refractivity contribution in [3.05, 3.63) is 58.2 Å². The van der Waals surface area contributed by atoms with Gasteiger partial charge in [-0.1, -0.05) is 0 Å². The van der Waals surface area contributed by atoms with Crippen LogP contribution in [0.3, 0.4) is 0 Å². The summed E-state index contributed by atoms with van der Waals surface area (Å²) in [4.78, 5) is 23.4. The molecule has 1 heterocycles. The first-order valence-corrected chi connectivity index (χ1v) is 7.26. The molecule has 0 spiro atoms. The highest BCUT2D eigenvalue weighted by Gasteiger charge is 2.12. The molecule has 7 heteroatoms. The van der Waals surface area contributed by atoms with Crippen LogP contribution in [0.5, 0.6) is 5.75 Å². The molecule has 0 N–H and O–H groups in total. The predicted octanol–water partition coefficient (Wildman–Crippen LogP) is 3.63. The van der Waals surface area contributed by atoms with Crippen LogP contribution < -0.4 is 4.74 Å². The predicted molar refractivity (Wildman–Crippen MR) is 83.7 cm³/mol. The van der Waals surface area contributed by atoms with Crippen LogP contribution in [0.1, 0.15) is 16.1 Å². The molecule has 0 saturated carbocycles. The topological polar surface area (TPSA) is 65.7 Å². The molecule has 0 saturated heterocycles. The lowest BCUT2D eigenvalue weighted by molar-refractivity contribution is -0.136. The van der Waals surface area contributed by atoms with Gasteiger partial charge in [-0.05, 0) is 52.3 Å². The first kappa shape index (κ1) is 17.0. The molecular weight excluding hydrogens is 371 g/mol. The van der Waals surface area contributed by atoms with E-state index in [4.69, 9.17) is 13.9 Å². The van der Waals surface area contributed by atoms with Crippen LogP contribution in [0.2, 0.25) is 0 Å². The van der Waals surface area contributed by atoms with E-state index in [2.05, 4.69) is 15.9 Å². The number of halogens is 2. The Bertz CT molecular complexity index is 751. The van der Waals surface area contributed by atoms with Gasteiger partial charge in [0.1, 0.15) is 5.76 Å².